The number of alkyl halides is 2. The Hall–Kier alpha value is -2.83. The SMILES string of the molecule is CC(CC(=O)OC(C)c1nc2ccccc2n1C(F)F)c1ccc(F)cc1. The Morgan fingerprint density at radius 3 is 2.44 bits per heavy atom. The van der Waals surface area contributed by atoms with Crippen molar-refractivity contribution in [3.05, 3.63) is 65.7 Å². The molecule has 0 aliphatic carbocycles. The van der Waals surface area contributed by atoms with Crippen molar-refractivity contribution in [3.63, 3.8) is 0 Å². The normalized spacial score (nSPS) is 13.7. The topological polar surface area (TPSA) is 44.1 Å². The quantitative estimate of drug-likeness (QED) is 0.544. The average Bonchev–Trinajstić information content (AvgIpc) is 3.02. The Labute approximate surface area is 154 Å². The molecule has 0 aliphatic heterocycles. The fourth-order valence-corrected chi connectivity index (χ4v) is 3.01. The van der Waals surface area contributed by atoms with E-state index in [-0.39, 0.29) is 29.5 Å². The number of halogens is 3. The Kier molecular flexibility index (Phi) is 5.48. The van der Waals surface area contributed by atoms with Crippen molar-refractivity contribution in [2.24, 2.45) is 0 Å². The molecule has 0 amide bonds. The molecule has 0 saturated heterocycles. The summed E-state index contributed by atoms with van der Waals surface area (Å²) in [5, 5.41) is 0. The molecule has 142 valence electrons. The summed E-state index contributed by atoms with van der Waals surface area (Å²) in [5.41, 5.74) is 1.49. The predicted octanol–water partition coefficient (Wildman–Crippen LogP) is 5.37. The van der Waals surface area contributed by atoms with E-state index in [9.17, 15) is 18.0 Å². The summed E-state index contributed by atoms with van der Waals surface area (Å²) < 4.78 is 46.1. The average molecular weight is 376 g/mol. The number of carbonyl (C=O) groups excluding carboxylic acids is 1. The second kappa shape index (κ2) is 7.82. The van der Waals surface area contributed by atoms with Crippen molar-refractivity contribution in [2.75, 3.05) is 0 Å². The van der Waals surface area contributed by atoms with Gasteiger partial charge in [0.1, 0.15) is 5.82 Å². The molecule has 0 aliphatic rings. The fraction of sp³-hybridized carbons (Fsp3) is 0.300. The molecular formula is C20H19F3N2O2. The minimum Gasteiger partial charge on any atom is -0.454 e. The number of fused-ring (bicyclic) bond motifs is 1. The summed E-state index contributed by atoms with van der Waals surface area (Å²) in [5.74, 6) is -1.09. The second-order valence-corrected chi connectivity index (χ2v) is 6.40. The maximum Gasteiger partial charge on any atom is 0.320 e. The molecule has 27 heavy (non-hydrogen) atoms. The minimum absolute atomic E-state index is 0.00557. The van der Waals surface area contributed by atoms with E-state index in [0.717, 1.165) is 10.1 Å². The van der Waals surface area contributed by atoms with Gasteiger partial charge in [-0.2, -0.15) is 8.78 Å². The van der Waals surface area contributed by atoms with Crippen molar-refractivity contribution in [1.82, 2.24) is 9.55 Å². The number of esters is 1. The van der Waals surface area contributed by atoms with Crippen LogP contribution in [0.2, 0.25) is 0 Å². The number of benzene rings is 2. The van der Waals surface area contributed by atoms with E-state index in [1.807, 2.05) is 6.92 Å². The molecule has 1 aromatic heterocycles. The van der Waals surface area contributed by atoms with Crippen LogP contribution in [0.15, 0.2) is 48.5 Å². The largest absolute Gasteiger partial charge is 0.454 e. The van der Waals surface area contributed by atoms with E-state index in [4.69, 9.17) is 4.74 Å². The van der Waals surface area contributed by atoms with E-state index in [0.29, 0.717) is 5.52 Å². The van der Waals surface area contributed by atoms with Gasteiger partial charge in [-0.05, 0) is 42.7 Å². The summed E-state index contributed by atoms with van der Waals surface area (Å²) in [6.07, 6.45) is -0.885. The molecular weight excluding hydrogens is 357 g/mol. The molecule has 2 atom stereocenters. The van der Waals surface area contributed by atoms with Gasteiger partial charge in [-0.3, -0.25) is 9.36 Å². The Bertz CT molecular complexity index is 938. The standard InChI is InChI=1S/C20H19F3N2O2/c1-12(14-7-9-15(21)10-8-14)11-18(26)27-13(2)19-24-16-5-3-4-6-17(16)25(19)20(22)23/h3-10,12-13,20H,11H2,1-2H3. The Balaban J connectivity index is 1.74. The lowest BCUT2D eigenvalue weighted by molar-refractivity contribution is -0.149. The molecule has 0 bridgehead atoms. The second-order valence-electron chi connectivity index (χ2n) is 6.40. The van der Waals surface area contributed by atoms with E-state index in [1.54, 1.807) is 36.4 Å². The van der Waals surface area contributed by atoms with Crippen LogP contribution in [-0.4, -0.2) is 15.5 Å². The molecule has 0 fully saturated rings. The van der Waals surface area contributed by atoms with Gasteiger partial charge in [-0.15, -0.1) is 0 Å². The highest BCUT2D eigenvalue weighted by Crippen LogP contribution is 2.29. The van der Waals surface area contributed by atoms with Gasteiger partial charge in [0, 0.05) is 0 Å². The molecule has 0 saturated carbocycles. The lowest BCUT2D eigenvalue weighted by Crippen LogP contribution is -2.16. The zero-order valence-electron chi connectivity index (χ0n) is 14.9. The zero-order chi connectivity index (χ0) is 19.6. The van der Waals surface area contributed by atoms with Crippen LogP contribution < -0.4 is 0 Å². The van der Waals surface area contributed by atoms with Crippen LogP contribution in [0, 0.1) is 5.82 Å². The third-order valence-electron chi connectivity index (χ3n) is 4.40. The van der Waals surface area contributed by atoms with Crippen molar-refractivity contribution < 1.29 is 22.7 Å². The van der Waals surface area contributed by atoms with Crippen LogP contribution >= 0.6 is 0 Å². The predicted molar refractivity (Wildman–Crippen MR) is 94.9 cm³/mol. The Morgan fingerprint density at radius 1 is 1.11 bits per heavy atom. The number of aromatic nitrogens is 2. The summed E-state index contributed by atoms with van der Waals surface area (Å²) in [7, 11) is 0. The molecule has 0 N–H and O–H groups in total. The van der Waals surface area contributed by atoms with Gasteiger partial charge < -0.3 is 4.74 Å². The first kappa shape index (κ1) is 18.9. The number of imidazole rings is 1. The molecule has 2 aromatic carbocycles. The summed E-state index contributed by atoms with van der Waals surface area (Å²) in [6, 6.07) is 12.4. The Morgan fingerprint density at radius 2 is 1.78 bits per heavy atom. The number of ether oxygens (including phenoxy) is 1. The number of hydrogen-bond donors (Lipinski definition) is 0. The molecule has 0 radical (unpaired) electrons. The maximum absolute atomic E-state index is 13.5. The minimum atomic E-state index is -2.80. The summed E-state index contributed by atoms with van der Waals surface area (Å²) in [6.45, 7) is 0.528. The monoisotopic (exact) mass is 376 g/mol. The lowest BCUT2D eigenvalue weighted by atomic mass is 9.98. The van der Waals surface area contributed by atoms with E-state index in [1.165, 1.54) is 19.1 Å². The third-order valence-corrected chi connectivity index (χ3v) is 4.40. The van der Waals surface area contributed by atoms with Crippen LogP contribution in [-0.2, 0) is 9.53 Å². The highest BCUT2D eigenvalue weighted by Gasteiger charge is 2.25. The fourth-order valence-electron chi connectivity index (χ4n) is 3.01. The number of para-hydroxylation sites is 2. The lowest BCUT2D eigenvalue weighted by Gasteiger charge is -2.17. The summed E-state index contributed by atoms with van der Waals surface area (Å²) >= 11 is 0. The molecule has 1 heterocycles. The van der Waals surface area contributed by atoms with Crippen molar-refractivity contribution in [2.45, 2.75) is 38.8 Å². The molecule has 0 spiro atoms. The number of carbonyl (C=O) groups is 1. The van der Waals surface area contributed by atoms with Crippen molar-refractivity contribution in [3.8, 4) is 0 Å². The van der Waals surface area contributed by atoms with Crippen LogP contribution in [0.25, 0.3) is 11.0 Å². The van der Waals surface area contributed by atoms with Gasteiger partial charge in [0.05, 0.1) is 17.5 Å². The molecule has 3 aromatic rings. The molecule has 4 nitrogen and oxygen atoms in total. The van der Waals surface area contributed by atoms with Crippen LogP contribution in [0.3, 0.4) is 0 Å². The van der Waals surface area contributed by atoms with E-state index < -0.39 is 18.6 Å². The zero-order valence-corrected chi connectivity index (χ0v) is 14.9. The van der Waals surface area contributed by atoms with Gasteiger partial charge in [-0.1, -0.05) is 31.2 Å². The first-order valence-electron chi connectivity index (χ1n) is 8.56. The number of hydrogen-bond acceptors (Lipinski definition) is 3. The molecule has 3 rings (SSSR count). The van der Waals surface area contributed by atoms with Crippen LogP contribution in [0.5, 0.6) is 0 Å². The maximum atomic E-state index is 13.5. The van der Waals surface area contributed by atoms with Gasteiger partial charge in [0.25, 0.3) is 0 Å². The van der Waals surface area contributed by atoms with E-state index in [2.05, 4.69) is 4.98 Å². The van der Waals surface area contributed by atoms with Crippen LogP contribution in [0.1, 0.15) is 50.2 Å². The van der Waals surface area contributed by atoms with Crippen molar-refractivity contribution >= 4 is 17.0 Å². The summed E-state index contributed by atoms with van der Waals surface area (Å²) in [4.78, 5) is 16.5. The first-order valence-corrected chi connectivity index (χ1v) is 8.56. The first-order chi connectivity index (χ1) is 12.9. The van der Waals surface area contributed by atoms with Gasteiger partial charge >= 0.3 is 12.5 Å². The van der Waals surface area contributed by atoms with Crippen molar-refractivity contribution in [1.29, 1.82) is 0 Å². The number of nitrogens with zero attached hydrogens (tertiary/aromatic N) is 2. The van der Waals surface area contributed by atoms with Crippen LogP contribution in [0.4, 0.5) is 13.2 Å². The van der Waals surface area contributed by atoms with Gasteiger partial charge in [0.2, 0.25) is 0 Å². The highest BCUT2D eigenvalue weighted by molar-refractivity contribution is 5.76. The number of rotatable bonds is 6. The smallest absolute Gasteiger partial charge is 0.320 e. The third kappa shape index (κ3) is 4.13. The molecule has 2 unspecified atom stereocenters. The highest BCUT2D eigenvalue weighted by atomic mass is 19.3. The van der Waals surface area contributed by atoms with Gasteiger partial charge in [0.15, 0.2) is 11.9 Å². The van der Waals surface area contributed by atoms with Gasteiger partial charge in [-0.25, -0.2) is 9.37 Å². The van der Waals surface area contributed by atoms with E-state index >= 15 is 0 Å². The molecule has 7 heteroatoms.